The second-order valence-electron chi connectivity index (χ2n) is 5.65. The van der Waals surface area contributed by atoms with Gasteiger partial charge in [-0.3, -0.25) is 0 Å². The number of cyclic esters (lactones) is 1. The van der Waals surface area contributed by atoms with Gasteiger partial charge < -0.3 is 29.9 Å². The summed E-state index contributed by atoms with van der Waals surface area (Å²) in [6.07, 6.45) is 2.53. The Balaban J connectivity index is 2.38. The van der Waals surface area contributed by atoms with Crippen molar-refractivity contribution in [3.8, 4) is 11.5 Å². The molecule has 3 atom stereocenters. The van der Waals surface area contributed by atoms with Crippen molar-refractivity contribution < 1.29 is 34.7 Å². The number of aliphatic hydroxyl groups is 3. The standard InChI is InChI=1S/C18H22O7/c1-24-12-9-11-5-4-7-14(20)17(22)13(19)6-2-3-8-25-18(23)16(11)15(21)10-12/h2,4-6,9-10,13-14,17,19-22H,3,7-8H2,1H3/t13-,14-,17-/m1/s1. The number of hydrogen-bond donors (Lipinski definition) is 4. The number of aliphatic hydroxyl groups excluding tert-OH is 3. The second-order valence-corrected chi connectivity index (χ2v) is 5.65. The van der Waals surface area contributed by atoms with Gasteiger partial charge in [-0.25, -0.2) is 4.79 Å². The van der Waals surface area contributed by atoms with Gasteiger partial charge in [0.2, 0.25) is 0 Å². The highest BCUT2D eigenvalue weighted by Crippen LogP contribution is 2.30. The third-order valence-corrected chi connectivity index (χ3v) is 3.83. The highest BCUT2D eigenvalue weighted by atomic mass is 16.5. The van der Waals surface area contributed by atoms with Gasteiger partial charge in [-0.2, -0.15) is 0 Å². The van der Waals surface area contributed by atoms with Crippen LogP contribution in [0.1, 0.15) is 28.8 Å². The van der Waals surface area contributed by atoms with E-state index in [1.165, 1.54) is 31.4 Å². The predicted octanol–water partition coefficient (Wildman–Crippen LogP) is 1.00. The number of hydrogen-bond acceptors (Lipinski definition) is 7. The predicted molar refractivity (Wildman–Crippen MR) is 90.4 cm³/mol. The first-order valence-electron chi connectivity index (χ1n) is 7.89. The lowest BCUT2D eigenvalue weighted by Crippen LogP contribution is -2.35. The quantitative estimate of drug-likeness (QED) is 0.441. The Morgan fingerprint density at radius 3 is 2.68 bits per heavy atom. The van der Waals surface area contributed by atoms with E-state index in [0.29, 0.717) is 17.7 Å². The molecule has 0 radical (unpaired) electrons. The van der Waals surface area contributed by atoms with Gasteiger partial charge in [0.05, 0.1) is 19.8 Å². The van der Waals surface area contributed by atoms with Crippen molar-refractivity contribution in [2.45, 2.75) is 31.2 Å². The van der Waals surface area contributed by atoms with Crippen LogP contribution in [-0.2, 0) is 4.74 Å². The number of phenolic OH excluding ortho intramolecular Hbond substituents is 1. The van der Waals surface area contributed by atoms with E-state index >= 15 is 0 Å². The molecule has 1 aliphatic heterocycles. The fraction of sp³-hybridized carbons (Fsp3) is 0.389. The maximum absolute atomic E-state index is 12.3. The van der Waals surface area contributed by atoms with E-state index in [4.69, 9.17) is 9.47 Å². The number of aromatic hydroxyl groups is 1. The smallest absolute Gasteiger partial charge is 0.342 e. The van der Waals surface area contributed by atoms with Crippen LogP contribution in [0.4, 0.5) is 0 Å². The Bertz CT molecular complexity index is 666. The zero-order chi connectivity index (χ0) is 18.4. The molecule has 0 amide bonds. The molecule has 1 aromatic carbocycles. The minimum absolute atomic E-state index is 0.00633. The monoisotopic (exact) mass is 350 g/mol. The molecular weight excluding hydrogens is 328 g/mol. The van der Waals surface area contributed by atoms with E-state index < -0.39 is 24.3 Å². The number of carbonyl (C=O) groups excluding carboxylic acids is 1. The van der Waals surface area contributed by atoms with Gasteiger partial charge in [-0.15, -0.1) is 0 Å². The zero-order valence-corrected chi connectivity index (χ0v) is 13.8. The highest BCUT2D eigenvalue weighted by Gasteiger charge is 2.22. The Morgan fingerprint density at radius 2 is 1.96 bits per heavy atom. The van der Waals surface area contributed by atoms with Gasteiger partial charge in [-0.1, -0.05) is 24.3 Å². The summed E-state index contributed by atoms with van der Waals surface area (Å²) in [4.78, 5) is 12.3. The summed E-state index contributed by atoms with van der Waals surface area (Å²) >= 11 is 0. The second kappa shape index (κ2) is 8.66. The van der Waals surface area contributed by atoms with Crippen LogP contribution in [0.2, 0.25) is 0 Å². The largest absolute Gasteiger partial charge is 0.507 e. The molecule has 0 saturated carbocycles. The molecule has 0 saturated heterocycles. The number of phenols is 1. The Morgan fingerprint density at radius 1 is 1.20 bits per heavy atom. The maximum atomic E-state index is 12.3. The van der Waals surface area contributed by atoms with Crippen LogP contribution >= 0.6 is 0 Å². The normalized spacial score (nSPS) is 25.0. The fourth-order valence-electron chi connectivity index (χ4n) is 2.44. The number of benzene rings is 1. The van der Waals surface area contributed by atoms with Gasteiger partial charge in [0.25, 0.3) is 0 Å². The summed E-state index contributed by atoms with van der Waals surface area (Å²) in [5.41, 5.74) is 0.352. The molecule has 0 spiro atoms. The molecule has 0 unspecified atom stereocenters. The van der Waals surface area contributed by atoms with Crippen LogP contribution in [0.15, 0.2) is 30.4 Å². The van der Waals surface area contributed by atoms with Crippen molar-refractivity contribution in [1.29, 1.82) is 0 Å². The zero-order valence-electron chi connectivity index (χ0n) is 13.8. The van der Waals surface area contributed by atoms with E-state index in [0.717, 1.165) is 0 Å². The summed E-state index contributed by atoms with van der Waals surface area (Å²) in [5.74, 6) is -0.609. The molecule has 7 nitrogen and oxygen atoms in total. The van der Waals surface area contributed by atoms with Gasteiger partial charge in [0.15, 0.2) is 0 Å². The highest BCUT2D eigenvalue weighted by molar-refractivity contribution is 5.97. The minimum Gasteiger partial charge on any atom is -0.507 e. The van der Waals surface area contributed by atoms with Crippen LogP contribution in [-0.4, -0.2) is 58.4 Å². The third-order valence-electron chi connectivity index (χ3n) is 3.83. The average Bonchev–Trinajstić information content (AvgIpc) is 2.59. The maximum Gasteiger partial charge on any atom is 0.342 e. The van der Waals surface area contributed by atoms with Crippen molar-refractivity contribution in [3.05, 3.63) is 41.5 Å². The lowest BCUT2D eigenvalue weighted by molar-refractivity contribution is -0.0393. The lowest BCUT2D eigenvalue weighted by Gasteiger charge is -2.20. The topological polar surface area (TPSA) is 116 Å². The van der Waals surface area contributed by atoms with Crippen LogP contribution < -0.4 is 4.74 Å². The molecule has 0 bridgehead atoms. The molecule has 0 aromatic heterocycles. The van der Waals surface area contributed by atoms with Crippen molar-refractivity contribution in [2.24, 2.45) is 0 Å². The molecule has 136 valence electrons. The first kappa shape index (κ1) is 19.0. The summed E-state index contributed by atoms with van der Waals surface area (Å²) < 4.78 is 10.2. The number of ether oxygens (including phenoxy) is 2. The van der Waals surface area contributed by atoms with Gasteiger partial charge in [0.1, 0.15) is 29.3 Å². The van der Waals surface area contributed by atoms with Crippen LogP contribution in [0.5, 0.6) is 11.5 Å². The molecule has 1 aromatic rings. The molecule has 7 heteroatoms. The summed E-state index contributed by atoms with van der Waals surface area (Å²) in [7, 11) is 1.43. The van der Waals surface area contributed by atoms with E-state index in [-0.39, 0.29) is 24.3 Å². The van der Waals surface area contributed by atoms with Crippen LogP contribution in [0, 0.1) is 0 Å². The van der Waals surface area contributed by atoms with Crippen molar-refractivity contribution >= 4 is 12.0 Å². The van der Waals surface area contributed by atoms with E-state index in [1.807, 2.05) is 0 Å². The van der Waals surface area contributed by atoms with Crippen molar-refractivity contribution in [2.75, 3.05) is 13.7 Å². The van der Waals surface area contributed by atoms with E-state index in [9.17, 15) is 25.2 Å². The molecular formula is C18H22O7. The Labute approximate surface area is 145 Å². The first-order chi connectivity index (χ1) is 11.9. The lowest BCUT2D eigenvalue weighted by atomic mass is 10.0. The van der Waals surface area contributed by atoms with Crippen LogP contribution in [0.3, 0.4) is 0 Å². The van der Waals surface area contributed by atoms with E-state index in [2.05, 4.69) is 0 Å². The van der Waals surface area contributed by atoms with Gasteiger partial charge >= 0.3 is 5.97 Å². The summed E-state index contributed by atoms with van der Waals surface area (Å²) in [6.45, 7) is 0.0370. The summed E-state index contributed by atoms with van der Waals surface area (Å²) in [6, 6.07) is 2.86. The van der Waals surface area contributed by atoms with Crippen molar-refractivity contribution in [1.82, 2.24) is 0 Å². The molecule has 0 fully saturated rings. The van der Waals surface area contributed by atoms with Gasteiger partial charge in [0, 0.05) is 6.07 Å². The Kier molecular flexibility index (Phi) is 6.58. The Hall–Kier alpha value is -2.35. The first-order valence-corrected chi connectivity index (χ1v) is 7.89. The average molecular weight is 350 g/mol. The van der Waals surface area contributed by atoms with Crippen LogP contribution in [0.25, 0.3) is 6.08 Å². The number of esters is 1. The number of methoxy groups -OCH3 is 1. The number of fused-ring (bicyclic) bond motifs is 1. The van der Waals surface area contributed by atoms with Gasteiger partial charge in [-0.05, 0) is 24.5 Å². The molecule has 1 heterocycles. The van der Waals surface area contributed by atoms with E-state index in [1.54, 1.807) is 12.1 Å². The fourth-order valence-corrected chi connectivity index (χ4v) is 2.44. The molecule has 0 aliphatic carbocycles. The molecule has 25 heavy (non-hydrogen) atoms. The molecule has 1 aliphatic rings. The third kappa shape index (κ3) is 4.82. The number of rotatable bonds is 1. The number of carbonyl (C=O) groups is 1. The molecule has 4 N–H and O–H groups in total. The SMILES string of the molecule is COc1cc(O)c2c(c1)C=CC[C@@H](O)[C@H](O)[C@H](O)C=CCCOC2=O. The molecule has 2 rings (SSSR count). The van der Waals surface area contributed by atoms with Crippen molar-refractivity contribution in [3.63, 3.8) is 0 Å². The minimum atomic E-state index is -1.34. The summed E-state index contributed by atoms with van der Waals surface area (Å²) in [5, 5.41) is 39.8.